The molecular weight excluding hydrogens is 332 g/mol. The van der Waals surface area contributed by atoms with Crippen molar-refractivity contribution in [2.75, 3.05) is 5.32 Å². The van der Waals surface area contributed by atoms with Gasteiger partial charge in [-0.15, -0.1) is 10.2 Å². The topological polar surface area (TPSA) is 76.9 Å². The lowest BCUT2D eigenvalue weighted by Crippen LogP contribution is -2.27. The average molecular weight is 343 g/mol. The zero-order chi connectivity index (χ0) is 14.0. The highest BCUT2D eigenvalue weighted by molar-refractivity contribution is 9.10. The van der Waals surface area contributed by atoms with Crippen molar-refractivity contribution in [3.05, 3.63) is 37.7 Å². The molecule has 1 amide bonds. The summed E-state index contributed by atoms with van der Waals surface area (Å²) in [6, 6.07) is 1.71. The van der Waals surface area contributed by atoms with E-state index in [-0.39, 0.29) is 18.0 Å². The maximum absolute atomic E-state index is 11.8. The second-order valence-electron chi connectivity index (χ2n) is 3.97. The summed E-state index contributed by atoms with van der Waals surface area (Å²) < 4.78 is 1.79. The number of aromatic nitrogens is 3. The molecule has 100 valence electrons. The summed E-state index contributed by atoms with van der Waals surface area (Å²) in [5.41, 5.74) is 0.653. The molecule has 0 saturated carbocycles. The van der Waals surface area contributed by atoms with Gasteiger partial charge >= 0.3 is 0 Å². The van der Waals surface area contributed by atoms with E-state index in [2.05, 4.69) is 31.4 Å². The van der Waals surface area contributed by atoms with Crippen LogP contribution in [-0.2, 0) is 11.3 Å². The van der Waals surface area contributed by atoms with Crippen LogP contribution in [0.4, 0.5) is 5.13 Å². The number of carbonyl (C=O) groups excluding carboxylic acids is 1. The van der Waals surface area contributed by atoms with Crippen molar-refractivity contribution in [2.45, 2.75) is 20.4 Å². The van der Waals surface area contributed by atoms with Crippen LogP contribution in [0.2, 0.25) is 0 Å². The summed E-state index contributed by atoms with van der Waals surface area (Å²) in [5, 5.41) is 11.4. The Morgan fingerprint density at radius 1 is 1.47 bits per heavy atom. The van der Waals surface area contributed by atoms with Crippen LogP contribution in [0.5, 0.6) is 0 Å². The van der Waals surface area contributed by atoms with Gasteiger partial charge in [0.15, 0.2) is 0 Å². The Bertz CT molecular complexity index is 680. The summed E-state index contributed by atoms with van der Waals surface area (Å²) in [4.78, 5) is 23.6. The standard InChI is InChI=1S/C11H11BrN4O2S/c1-6-3-8(12)10(18)16(4-6)5-9(17)13-11-15-14-7(2)19-11/h3-4H,5H2,1-2H3,(H,13,15,17). The molecule has 2 aromatic rings. The normalized spacial score (nSPS) is 10.5. The van der Waals surface area contributed by atoms with E-state index in [0.717, 1.165) is 10.6 Å². The SMILES string of the molecule is Cc1cc(Br)c(=O)n(CC(=O)Nc2nnc(C)s2)c1. The summed E-state index contributed by atoms with van der Waals surface area (Å²) in [5.74, 6) is -0.309. The maximum Gasteiger partial charge on any atom is 0.265 e. The van der Waals surface area contributed by atoms with Gasteiger partial charge in [-0.1, -0.05) is 11.3 Å². The number of rotatable bonds is 3. The van der Waals surface area contributed by atoms with Gasteiger partial charge in [0.1, 0.15) is 11.6 Å². The number of aryl methyl sites for hydroxylation is 2. The first kappa shape index (κ1) is 13.9. The van der Waals surface area contributed by atoms with Crippen LogP contribution in [-0.4, -0.2) is 20.7 Å². The third-order valence-corrected chi connectivity index (χ3v) is 3.59. The zero-order valence-electron chi connectivity index (χ0n) is 10.3. The van der Waals surface area contributed by atoms with Crippen LogP contribution in [0.15, 0.2) is 21.5 Å². The van der Waals surface area contributed by atoms with Crippen LogP contribution in [0, 0.1) is 13.8 Å². The van der Waals surface area contributed by atoms with Crippen LogP contribution in [0.3, 0.4) is 0 Å². The first-order chi connectivity index (χ1) is 8.95. The van der Waals surface area contributed by atoms with E-state index in [1.54, 1.807) is 19.2 Å². The summed E-state index contributed by atoms with van der Waals surface area (Å²) >= 11 is 4.46. The van der Waals surface area contributed by atoms with Crippen molar-refractivity contribution in [3.8, 4) is 0 Å². The molecule has 2 heterocycles. The molecule has 0 aromatic carbocycles. The molecule has 0 atom stereocenters. The molecule has 0 fully saturated rings. The van der Waals surface area contributed by atoms with Gasteiger partial charge < -0.3 is 4.57 Å². The van der Waals surface area contributed by atoms with Crippen molar-refractivity contribution in [3.63, 3.8) is 0 Å². The maximum atomic E-state index is 11.8. The third kappa shape index (κ3) is 3.48. The molecule has 6 nitrogen and oxygen atoms in total. The van der Waals surface area contributed by atoms with Crippen molar-refractivity contribution in [1.29, 1.82) is 0 Å². The first-order valence-corrected chi connectivity index (χ1v) is 7.03. The molecule has 0 bridgehead atoms. The monoisotopic (exact) mass is 342 g/mol. The minimum Gasteiger partial charge on any atom is -0.305 e. The van der Waals surface area contributed by atoms with Crippen molar-refractivity contribution >= 4 is 38.3 Å². The summed E-state index contributed by atoms with van der Waals surface area (Å²) in [7, 11) is 0. The minimum atomic E-state index is -0.309. The van der Waals surface area contributed by atoms with E-state index >= 15 is 0 Å². The Hall–Kier alpha value is -1.54. The van der Waals surface area contributed by atoms with Crippen LogP contribution in [0.25, 0.3) is 0 Å². The lowest BCUT2D eigenvalue weighted by Gasteiger charge is -2.07. The van der Waals surface area contributed by atoms with E-state index in [1.165, 1.54) is 15.9 Å². The van der Waals surface area contributed by atoms with Gasteiger partial charge in [-0.3, -0.25) is 14.9 Å². The minimum absolute atomic E-state index is 0.0578. The fourth-order valence-electron chi connectivity index (χ4n) is 1.52. The van der Waals surface area contributed by atoms with E-state index < -0.39 is 0 Å². The Morgan fingerprint density at radius 2 is 2.21 bits per heavy atom. The summed E-state index contributed by atoms with van der Waals surface area (Å²) in [6.45, 7) is 3.60. The highest BCUT2D eigenvalue weighted by atomic mass is 79.9. The van der Waals surface area contributed by atoms with Gasteiger partial charge in [-0.2, -0.15) is 0 Å². The second-order valence-corrected chi connectivity index (χ2v) is 6.01. The van der Waals surface area contributed by atoms with E-state index in [1.807, 2.05) is 6.92 Å². The molecule has 0 aliphatic rings. The molecule has 19 heavy (non-hydrogen) atoms. The number of amides is 1. The molecule has 0 aliphatic carbocycles. The molecule has 0 radical (unpaired) electrons. The molecule has 0 aliphatic heterocycles. The number of pyridine rings is 1. The molecule has 2 rings (SSSR count). The van der Waals surface area contributed by atoms with Gasteiger partial charge in [-0.25, -0.2) is 0 Å². The fourth-order valence-corrected chi connectivity index (χ4v) is 2.72. The Labute approximate surface area is 121 Å². The van der Waals surface area contributed by atoms with Gasteiger partial charge in [0.2, 0.25) is 11.0 Å². The number of halogens is 1. The molecule has 0 unspecified atom stereocenters. The number of hydrogen-bond acceptors (Lipinski definition) is 5. The van der Waals surface area contributed by atoms with Crippen LogP contribution in [0.1, 0.15) is 10.6 Å². The van der Waals surface area contributed by atoms with Gasteiger partial charge in [0.05, 0.1) is 4.47 Å². The van der Waals surface area contributed by atoms with Crippen LogP contribution < -0.4 is 10.9 Å². The number of nitrogens with one attached hydrogen (secondary N) is 1. The van der Waals surface area contributed by atoms with Gasteiger partial charge in [0, 0.05) is 6.20 Å². The van der Waals surface area contributed by atoms with E-state index in [9.17, 15) is 9.59 Å². The zero-order valence-corrected chi connectivity index (χ0v) is 12.7. The molecule has 0 spiro atoms. The van der Waals surface area contributed by atoms with E-state index in [4.69, 9.17) is 0 Å². The molecular formula is C11H11BrN4O2S. The Morgan fingerprint density at radius 3 is 2.84 bits per heavy atom. The fraction of sp³-hybridized carbons (Fsp3) is 0.273. The number of nitrogens with zero attached hydrogens (tertiary/aromatic N) is 3. The van der Waals surface area contributed by atoms with Crippen molar-refractivity contribution in [2.24, 2.45) is 0 Å². The van der Waals surface area contributed by atoms with E-state index in [0.29, 0.717) is 9.60 Å². The number of anilines is 1. The molecule has 8 heteroatoms. The lowest BCUT2D eigenvalue weighted by molar-refractivity contribution is -0.116. The smallest absolute Gasteiger partial charge is 0.265 e. The quantitative estimate of drug-likeness (QED) is 0.921. The van der Waals surface area contributed by atoms with Crippen LogP contribution >= 0.6 is 27.3 Å². The highest BCUT2D eigenvalue weighted by Gasteiger charge is 2.09. The Kier molecular flexibility index (Phi) is 4.11. The largest absolute Gasteiger partial charge is 0.305 e. The van der Waals surface area contributed by atoms with Gasteiger partial charge in [0.25, 0.3) is 5.56 Å². The lowest BCUT2D eigenvalue weighted by atomic mass is 10.3. The molecule has 2 aromatic heterocycles. The number of carbonyl (C=O) groups is 1. The van der Waals surface area contributed by atoms with Crippen molar-refractivity contribution in [1.82, 2.24) is 14.8 Å². The predicted molar refractivity (Wildman–Crippen MR) is 76.4 cm³/mol. The van der Waals surface area contributed by atoms with Crippen molar-refractivity contribution < 1.29 is 4.79 Å². The summed E-state index contributed by atoms with van der Waals surface area (Å²) in [6.07, 6.45) is 1.64. The highest BCUT2D eigenvalue weighted by Crippen LogP contribution is 2.13. The predicted octanol–water partition coefficient (Wildman–Crippen LogP) is 1.72. The average Bonchev–Trinajstić information content (AvgIpc) is 2.70. The molecule has 0 saturated heterocycles. The first-order valence-electron chi connectivity index (χ1n) is 5.42. The number of hydrogen-bond donors (Lipinski definition) is 1. The third-order valence-electron chi connectivity index (χ3n) is 2.27. The Balaban J connectivity index is 2.13. The molecule has 1 N–H and O–H groups in total. The second kappa shape index (κ2) is 5.62. The van der Waals surface area contributed by atoms with Gasteiger partial charge in [-0.05, 0) is 41.4 Å².